The highest BCUT2D eigenvalue weighted by molar-refractivity contribution is 5.93. The highest BCUT2D eigenvalue weighted by Crippen LogP contribution is 2.26. The molecule has 15 heavy (non-hydrogen) atoms. The Morgan fingerprint density at radius 3 is 2.87 bits per heavy atom. The maximum absolute atomic E-state index is 10.8. The number of nitrogens with zero attached hydrogens (tertiary/aromatic N) is 1. The second-order valence-corrected chi connectivity index (χ2v) is 2.92. The summed E-state index contributed by atoms with van der Waals surface area (Å²) in [6.07, 6.45) is 1.13. The van der Waals surface area contributed by atoms with Gasteiger partial charge in [0.05, 0.1) is 6.20 Å². The predicted molar refractivity (Wildman–Crippen MR) is 50.6 cm³/mol. The van der Waals surface area contributed by atoms with Gasteiger partial charge >= 0.3 is 5.97 Å². The molecule has 5 heteroatoms. The Hall–Kier alpha value is -2.30. The Morgan fingerprint density at radius 2 is 2.20 bits per heavy atom. The lowest BCUT2D eigenvalue weighted by atomic mass is 10.1. The third kappa shape index (κ3) is 1.67. The lowest BCUT2D eigenvalue weighted by Gasteiger charge is -1.98. The normalized spacial score (nSPS) is 10.1. The summed E-state index contributed by atoms with van der Waals surface area (Å²) in [7, 11) is 0. The van der Waals surface area contributed by atoms with Gasteiger partial charge in [0.1, 0.15) is 11.3 Å². The first kappa shape index (κ1) is 9.26. The van der Waals surface area contributed by atoms with E-state index in [-0.39, 0.29) is 17.1 Å². The zero-order valence-electron chi connectivity index (χ0n) is 7.54. The molecule has 2 N–H and O–H groups in total. The number of phenols is 1. The van der Waals surface area contributed by atoms with E-state index in [1.165, 1.54) is 12.1 Å². The molecule has 0 radical (unpaired) electrons. The van der Waals surface area contributed by atoms with Crippen LogP contribution in [-0.2, 0) is 0 Å². The number of carboxylic acids is 1. The van der Waals surface area contributed by atoms with E-state index in [0.717, 1.165) is 6.20 Å². The number of aromatic nitrogens is 1. The van der Waals surface area contributed by atoms with E-state index in [1.54, 1.807) is 12.1 Å². The Morgan fingerprint density at radius 1 is 1.40 bits per heavy atom. The lowest BCUT2D eigenvalue weighted by molar-refractivity contribution is 0.0697. The summed E-state index contributed by atoms with van der Waals surface area (Å²) < 4.78 is 4.83. The smallest absolute Gasteiger partial charge is 0.341 e. The van der Waals surface area contributed by atoms with Crippen LogP contribution in [0.5, 0.6) is 5.75 Å². The maximum Gasteiger partial charge on any atom is 0.341 e. The van der Waals surface area contributed by atoms with E-state index < -0.39 is 5.97 Å². The number of aromatic hydroxyl groups is 1. The van der Waals surface area contributed by atoms with Crippen LogP contribution in [-0.4, -0.2) is 21.3 Å². The fourth-order valence-corrected chi connectivity index (χ4v) is 1.25. The van der Waals surface area contributed by atoms with Gasteiger partial charge in [-0.25, -0.2) is 4.79 Å². The molecule has 1 aromatic heterocycles. The summed E-state index contributed by atoms with van der Waals surface area (Å²) in [5.74, 6) is -0.937. The molecule has 0 aliphatic carbocycles. The van der Waals surface area contributed by atoms with Crippen LogP contribution in [0.15, 0.2) is 35.0 Å². The van der Waals surface area contributed by atoms with E-state index >= 15 is 0 Å². The van der Waals surface area contributed by atoms with Gasteiger partial charge in [0.15, 0.2) is 5.76 Å². The van der Waals surface area contributed by atoms with Crippen LogP contribution in [0.25, 0.3) is 11.3 Å². The van der Waals surface area contributed by atoms with Crippen molar-refractivity contribution in [2.45, 2.75) is 0 Å². The van der Waals surface area contributed by atoms with Crippen molar-refractivity contribution >= 4 is 5.97 Å². The number of aromatic carboxylic acids is 1. The molecule has 0 fully saturated rings. The van der Waals surface area contributed by atoms with Crippen molar-refractivity contribution in [2.75, 3.05) is 0 Å². The maximum atomic E-state index is 10.8. The van der Waals surface area contributed by atoms with Crippen molar-refractivity contribution in [1.29, 1.82) is 0 Å². The van der Waals surface area contributed by atoms with Crippen LogP contribution in [0.2, 0.25) is 0 Å². The summed E-state index contributed by atoms with van der Waals surface area (Å²) >= 11 is 0. The number of hydrogen-bond donors (Lipinski definition) is 2. The minimum Gasteiger partial charge on any atom is -0.508 e. The zero-order valence-corrected chi connectivity index (χ0v) is 7.54. The topological polar surface area (TPSA) is 83.6 Å². The molecule has 0 saturated carbocycles. The van der Waals surface area contributed by atoms with Gasteiger partial charge in [-0.3, -0.25) is 0 Å². The molecule has 0 aliphatic rings. The molecular weight excluding hydrogens is 198 g/mol. The Labute approximate surface area is 84.6 Å². The van der Waals surface area contributed by atoms with E-state index in [9.17, 15) is 9.90 Å². The van der Waals surface area contributed by atoms with Gasteiger partial charge in [-0.1, -0.05) is 17.3 Å². The van der Waals surface area contributed by atoms with Gasteiger partial charge < -0.3 is 14.7 Å². The second kappa shape index (κ2) is 3.45. The van der Waals surface area contributed by atoms with Crippen LogP contribution in [0.1, 0.15) is 10.4 Å². The lowest BCUT2D eigenvalue weighted by Crippen LogP contribution is -1.95. The van der Waals surface area contributed by atoms with Crippen LogP contribution >= 0.6 is 0 Å². The molecule has 0 atom stereocenters. The van der Waals surface area contributed by atoms with E-state index in [0.29, 0.717) is 5.56 Å². The Balaban J connectivity index is 2.54. The largest absolute Gasteiger partial charge is 0.508 e. The molecule has 0 aliphatic heterocycles. The Kier molecular flexibility index (Phi) is 2.13. The van der Waals surface area contributed by atoms with Crippen molar-refractivity contribution in [3.05, 3.63) is 36.0 Å². The van der Waals surface area contributed by atoms with E-state index in [2.05, 4.69) is 5.16 Å². The van der Waals surface area contributed by atoms with Gasteiger partial charge in [0.2, 0.25) is 0 Å². The molecule has 5 nitrogen and oxygen atoms in total. The van der Waals surface area contributed by atoms with Crippen LogP contribution < -0.4 is 0 Å². The molecule has 0 unspecified atom stereocenters. The van der Waals surface area contributed by atoms with Crippen LogP contribution in [0.4, 0.5) is 0 Å². The quantitative estimate of drug-likeness (QED) is 0.780. The van der Waals surface area contributed by atoms with Crippen molar-refractivity contribution in [3.8, 4) is 17.1 Å². The summed E-state index contributed by atoms with van der Waals surface area (Å²) in [5.41, 5.74) is 0.450. The average molecular weight is 205 g/mol. The highest BCUT2D eigenvalue weighted by Gasteiger charge is 2.16. The first-order valence-corrected chi connectivity index (χ1v) is 4.16. The predicted octanol–water partition coefficient (Wildman–Crippen LogP) is 1.75. The number of phenolic OH excluding ortho intramolecular Hbond substituents is 1. The number of carbonyl (C=O) groups is 1. The molecule has 1 aromatic carbocycles. The van der Waals surface area contributed by atoms with Crippen molar-refractivity contribution in [1.82, 2.24) is 5.16 Å². The minimum atomic E-state index is -1.12. The molecule has 1 heterocycles. The van der Waals surface area contributed by atoms with Crippen molar-refractivity contribution in [2.24, 2.45) is 0 Å². The SMILES string of the molecule is O=C(O)c1cnoc1-c1cccc(O)c1. The van der Waals surface area contributed by atoms with E-state index in [1.807, 2.05) is 0 Å². The molecule has 0 bridgehead atoms. The van der Waals surface area contributed by atoms with Crippen LogP contribution in [0, 0.1) is 0 Å². The van der Waals surface area contributed by atoms with Crippen molar-refractivity contribution < 1.29 is 19.5 Å². The Bertz CT molecular complexity index is 504. The molecule has 2 aromatic rings. The minimum absolute atomic E-state index is 0.0272. The molecule has 76 valence electrons. The fraction of sp³-hybridized carbons (Fsp3) is 0. The van der Waals surface area contributed by atoms with Gasteiger partial charge in [0.25, 0.3) is 0 Å². The van der Waals surface area contributed by atoms with Crippen molar-refractivity contribution in [3.63, 3.8) is 0 Å². The molecule has 2 rings (SSSR count). The number of benzene rings is 1. The molecule has 0 amide bonds. The molecule has 0 spiro atoms. The van der Waals surface area contributed by atoms with Crippen LogP contribution in [0.3, 0.4) is 0 Å². The second-order valence-electron chi connectivity index (χ2n) is 2.92. The monoisotopic (exact) mass is 205 g/mol. The first-order chi connectivity index (χ1) is 7.18. The molecule has 0 saturated heterocycles. The van der Waals surface area contributed by atoms with Gasteiger partial charge in [-0.15, -0.1) is 0 Å². The standard InChI is InChI=1S/C10H7NO4/c12-7-3-1-2-6(4-7)9-8(10(13)14)5-11-15-9/h1-5,12H,(H,13,14). The zero-order chi connectivity index (χ0) is 10.8. The summed E-state index contributed by atoms with van der Waals surface area (Å²) in [6, 6.07) is 6.12. The van der Waals surface area contributed by atoms with Gasteiger partial charge in [0, 0.05) is 5.56 Å². The van der Waals surface area contributed by atoms with E-state index in [4.69, 9.17) is 9.63 Å². The van der Waals surface area contributed by atoms with Gasteiger partial charge in [-0.2, -0.15) is 0 Å². The molecular formula is C10H7NO4. The summed E-state index contributed by atoms with van der Waals surface area (Å²) in [6.45, 7) is 0. The first-order valence-electron chi connectivity index (χ1n) is 4.16. The third-order valence-corrected chi connectivity index (χ3v) is 1.91. The number of rotatable bonds is 2. The highest BCUT2D eigenvalue weighted by atomic mass is 16.5. The average Bonchev–Trinajstić information content (AvgIpc) is 2.65. The summed E-state index contributed by atoms with van der Waals surface area (Å²) in [4.78, 5) is 10.8. The third-order valence-electron chi connectivity index (χ3n) is 1.91. The summed E-state index contributed by atoms with van der Waals surface area (Å²) in [5, 5.41) is 21.5. The fourth-order valence-electron chi connectivity index (χ4n) is 1.25. The van der Waals surface area contributed by atoms with Gasteiger partial charge in [-0.05, 0) is 12.1 Å². The number of carboxylic acid groups (broad SMARTS) is 1. The number of hydrogen-bond acceptors (Lipinski definition) is 4.